The molecule has 0 spiro atoms. The van der Waals surface area contributed by atoms with E-state index in [0.29, 0.717) is 12.0 Å². The summed E-state index contributed by atoms with van der Waals surface area (Å²) in [5.41, 5.74) is 8.54. The summed E-state index contributed by atoms with van der Waals surface area (Å²) < 4.78 is 1.79. The maximum Gasteiger partial charge on any atom is 0.166 e. The van der Waals surface area contributed by atoms with Gasteiger partial charge >= 0.3 is 0 Å². The van der Waals surface area contributed by atoms with E-state index in [1.54, 1.807) is 10.9 Å². The Balaban J connectivity index is 2.20. The summed E-state index contributed by atoms with van der Waals surface area (Å²) >= 11 is 0. The molecule has 2 N–H and O–H groups in total. The fourth-order valence-electron chi connectivity index (χ4n) is 2.64. The van der Waals surface area contributed by atoms with Gasteiger partial charge in [-0.3, -0.25) is 4.79 Å². The zero-order valence-corrected chi connectivity index (χ0v) is 11.1. The molecule has 1 heterocycles. The van der Waals surface area contributed by atoms with E-state index in [-0.39, 0.29) is 17.2 Å². The highest BCUT2D eigenvalue weighted by Gasteiger charge is 2.40. The van der Waals surface area contributed by atoms with Crippen molar-refractivity contribution >= 4 is 5.78 Å². The van der Waals surface area contributed by atoms with Crippen LogP contribution in [0.25, 0.3) is 5.69 Å². The summed E-state index contributed by atoms with van der Waals surface area (Å²) in [7, 11) is 0. The van der Waals surface area contributed by atoms with Gasteiger partial charge in [0.15, 0.2) is 5.78 Å². The van der Waals surface area contributed by atoms with Crippen molar-refractivity contribution in [3.63, 3.8) is 0 Å². The van der Waals surface area contributed by atoms with E-state index in [0.717, 1.165) is 11.4 Å². The first-order valence-electron chi connectivity index (χ1n) is 6.43. The third-order valence-corrected chi connectivity index (χ3v) is 3.86. The van der Waals surface area contributed by atoms with Gasteiger partial charge in [-0.15, -0.1) is 0 Å². The second kappa shape index (κ2) is 4.03. The molecule has 1 aromatic heterocycles. The Labute approximate surface area is 112 Å². The predicted molar refractivity (Wildman–Crippen MR) is 73.2 cm³/mol. The molecule has 0 bridgehead atoms. The van der Waals surface area contributed by atoms with E-state index in [1.165, 1.54) is 0 Å². The van der Waals surface area contributed by atoms with Crippen LogP contribution in [0.3, 0.4) is 0 Å². The van der Waals surface area contributed by atoms with Crippen molar-refractivity contribution in [1.29, 1.82) is 0 Å². The van der Waals surface area contributed by atoms with Gasteiger partial charge < -0.3 is 5.73 Å². The number of carbonyl (C=O) groups excluding carboxylic acids is 1. The van der Waals surface area contributed by atoms with Crippen LogP contribution in [0.5, 0.6) is 0 Å². The lowest BCUT2D eigenvalue weighted by Gasteiger charge is -2.35. The molecule has 19 heavy (non-hydrogen) atoms. The van der Waals surface area contributed by atoms with Crippen LogP contribution in [0.2, 0.25) is 0 Å². The Kier molecular flexibility index (Phi) is 2.57. The zero-order chi connectivity index (χ0) is 13.6. The van der Waals surface area contributed by atoms with Gasteiger partial charge in [0.2, 0.25) is 0 Å². The third kappa shape index (κ3) is 1.79. The molecular formula is C15H17N3O. The predicted octanol–water partition coefficient (Wildman–Crippen LogP) is 2.48. The Hall–Kier alpha value is -1.94. The van der Waals surface area contributed by atoms with Gasteiger partial charge in [-0.2, -0.15) is 5.10 Å². The molecule has 2 aromatic rings. The second-order valence-corrected chi connectivity index (χ2v) is 5.76. The lowest BCUT2D eigenvalue weighted by atomic mass is 9.72. The van der Waals surface area contributed by atoms with E-state index in [2.05, 4.69) is 5.10 Å². The highest BCUT2D eigenvalue weighted by atomic mass is 16.1. The lowest BCUT2D eigenvalue weighted by molar-refractivity contribution is 0.0882. The molecule has 0 aliphatic heterocycles. The number of benzene rings is 1. The quantitative estimate of drug-likeness (QED) is 0.851. The van der Waals surface area contributed by atoms with Crippen molar-refractivity contribution in [1.82, 2.24) is 9.78 Å². The van der Waals surface area contributed by atoms with Crippen LogP contribution in [0.15, 0.2) is 36.5 Å². The number of Topliss-reactive ketones (excluding diaryl/α,β-unsaturated/α-hetero) is 1. The average molecular weight is 255 g/mol. The number of rotatable bonds is 1. The lowest BCUT2D eigenvalue weighted by Crippen LogP contribution is -2.38. The van der Waals surface area contributed by atoms with E-state index >= 15 is 0 Å². The van der Waals surface area contributed by atoms with E-state index in [4.69, 9.17) is 5.73 Å². The topological polar surface area (TPSA) is 60.9 Å². The van der Waals surface area contributed by atoms with Gasteiger partial charge in [-0.05, 0) is 17.5 Å². The summed E-state index contributed by atoms with van der Waals surface area (Å²) in [6.45, 7) is 4.06. The zero-order valence-electron chi connectivity index (χ0n) is 11.1. The van der Waals surface area contributed by atoms with Crippen LogP contribution >= 0.6 is 0 Å². The number of aromatic nitrogens is 2. The average Bonchev–Trinajstić information content (AvgIpc) is 2.82. The fourth-order valence-corrected chi connectivity index (χ4v) is 2.64. The van der Waals surface area contributed by atoms with Gasteiger partial charge in [0.25, 0.3) is 0 Å². The molecule has 0 unspecified atom stereocenters. The molecule has 0 saturated heterocycles. The van der Waals surface area contributed by atoms with Crippen LogP contribution in [0.4, 0.5) is 0 Å². The van der Waals surface area contributed by atoms with Gasteiger partial charge in [0, 0.05) is 6.42 Å². The maximum absolute atomic E-state index is 12.2. The van der Waals surface area contributed by atoms with Crippen molar-refractivity contribution in [3.05, 3.63) is 47.8 Å². The van der Waals surface area contributed by atoms with Gasteiger partial charge in [-0.1, -0.05) is 32.0 Å². The fraction of sp³-hybridized carbons (Fsp3) is 0.333. The third-order valence-electron chi connectivity index (χ3n) is 3.86. The number of hydrogen-bond donors (Lipinski definition) is 1. The minimum absolute atomic E-state index is 0.129. The molecule has 1 aliphatic rings. The number of fused-ring (bicyclic) bond motifs is 1. The molecule has 0 radical (unpaired) electrons. The Morgan fingerprint density at radius 2 is 2.00 bits per heavy atom. The first kappa shape index (κ1) is 12.1. The molecule has 1 atom stereocenters. The smallest absolute Gasteiger partial charge is 0.166 e. The van der Waals surface area contributed by atoms with Crippen molar-refractivity contribution in [3.8, 4) is 5.69 Å². The van der Waals surface area contributed by atoms with Gasteiger partial charge in [-0.25, -0.2) is 4.68 Å². The van der Waals surface area contributed by atoms with Crippen molar-refractivity contribution in [2.45, 2.75) is 26.3 Å². The van der Waals surface area contributed by atoms with Gasteiger partial charge in [0.1, 0.15) is 0 Å². The molecule has 4 heteroatoms. The SMILES string of the molecule is CC1(C)CC(=O)c2cnn(-c3ccccc3)c2[C@H]1N. The highest BCUT2D eigenvalue weighted by molar-refractivity contribution is 5.99. The van der Waals surface area contributed by atoms with Crippen LogP contribution in [-0.4, -0.2) is 15.6 Å². The minimum Gasteiger partial charge on any atom is -0.322 e. The first-order valence-corrected chi connectivity index (χ1v) is 6.43. The largest absolute Gasteiger partial charge is 0.322 e. The molecule has 3 rings (SSSR count). The Morgan fingerprint density at radius 3 is 2.68 bits per heavy atom. The number of hydrogen-bond acceptors (Lipinski definition) is 3. The first-order chi connectivity index (χ1) is 9.00. The number of carbonyl (C=O) groups is 1. The maximum atomic E-state index is 12.2. The van der Waals surface area contributed by atoms with E-state index < -0.39 is 0 Å². The van der Waals surface area contributed by atoms with Crippen molar-refractivity contribution in [2.24, 2.45) is 11.1 Å². The molecular weight excluding hydrogens is 238 g/mol. The van der Waals surface area contributed by atoms with Crippen LogP contribution < -0.4 is 5.73 Å². The molecule has 1 aromatic carbocycles. The monoisotopic (exact) mass is 255 g/mol. The molecule has 1 aliphatic carbocycles. The molecule has 0 fully saturated rings. The van der Waals surface area contributed by atoms with Crippen LogP contribution in [0.1, 0.15) is 42.4 Å². The van der Waals surface area contributed by atoms with E-state index in [1.807, 2.05) is 44.2 Å². The Bertz CT molecular complexity index is 628. The summed E-state index contributed by atoms with van der Waals surface area (Å²) in [6, 6.07) is 9.59. The molecule has 98 valence electrons. The Morgan fingerprint density at radius 1 is 1.32 bits per heavy atom. The number of nitrogens with two attached hydrogens (primary N) is 1. The molecule has 4 nitrogen and oxygen atoms in total. The second-order valence-electron chi connectivity index (χ2n) is 5.76. The van der Waals surface area contributed by atoms with Gasteiger partial charge in [0.05, 0.1) is 29.2 Å². The van der Waals surface area contributed by atoms with Crippen LogP contribution in [-0.2, 0) is 0 Å². The minimum atomic E-state index is -0.239. The highest BCUT2D eigenvalue weighted by Crippen LogP contribution is 2.42. The summed E-state index contributed by atoms with van der Waals surface area (Å²) in [4.78, 5) is 12.2. The van der Waals surface area contributed by atoms with Crippen molar-refractivity contribution < 1.29 is 4.79 Å². The van der Waals surface area contributed by atoms with Crippen LogP contribution in [0, 0.1) is 5.41 Å². The number of ketones is 1. The normalized spacial score (nSPS) is 21.2. The summed E-state index contributed by atoms with van der Waals surface area (Å²) in [6.07, 6.45) is 2.11. The standard InChI is InChI=1S/C15H17N3O/c1-15(2)8-12(19)11-9-17-18(13(11)14(15)16)10-6-4-3-5-7-10/h3-7,9,14H,8,16H2,1-2H3/t14-/m1/s1. The van der Waals surface area contributed by atoms with Crippen molar-refractivity contribution in [2.75, 3.05) is 0 Å². The number of para-hydroxylation sites is 1. The van der Waals surface area contributed by atoms with E-state index in [9.17, 15) is 4.79 Å². The number of nitrogens with zero attached hydrogens (tertiary/aromatic N) is 2. The molecule has 0 amide bonds. The summed E-state index contributed by atoms with van der Waals surface area (Å²) in [5, 5.41) is 4.35. The summed E-state index contributed by atoms with van der Waals surface area (Å²) in [5.74, 6) is 0.129. The molecule has 0 saturated carbocycles.